The molecule has 0 heteroatoms. The Bertz CT molecular complexity index is 194. The van der Waals surface area contributed by atoms with Crippen LogP contribution < -0.4 is 0 Å². The molecule has 0 saturated carbocycles. The Labute approximate surface area is 96.5 Å². The van der Waals surface area contributed by atoms with Crippen LogP contribution in [0.3, 0.4) is 0 Å². The molecule has 15 heavy (non-hydrogen) atoms. The number of unbranched alkanes of at least 4 members (excludes halogenated alkanes) is 1. The van der Waals surface area contributed by atoms with Gasteiger partial charge in [0.15, 0.2) is 0 Å². The second-order valence-electron chi connectivity index (χ2n) is 5.28. The summed E-state index contributed by atoms with van der Waals surface area (Å²) in [6.45, 7) is 12.8. The summed E-state index contributed by atoms with van der Waals surface area (Å²) in [5.74, 6) is 1.73. The first kappa shape index (κ1) is 14.5. The maximum atomic E-state index is 3.67. The largest absolute Gasteiger partial charge is 0.130 e. The van der Waals surface area contributed by atoms with Gasteiger partial charge in [0.1, 0.15) is 0 Å². The molecule has 0 aliphatic carbocycles. The van der Waals surface area contributed by atoms with Gasteiger partial charge >= 0.3 is 0 Å². The highest BCUT2D eigenvalue weighted by Crippen LogP contribution is 2.18. The number of allylic oxidation sites excluding steroid dienone is 1. The van der Waals surface area contributed by atoms with Gasteiger partial charge in [0.25, 0.3) is 0 Å². The SMILES string of the molecule is C=C=C(C)CCC(C)CCCCC(C)C. The molecule has 0 aromatic rings. The van der Waals surface area contributed by atoms with Gasteiger partial charge in [-0.1, -0.05) is 53.0 Å². The van der Waals surface area contributed by atoms with Crippen LogP contribution in [0, 0.1) is 11.8 Å². The first-order chi connectivity index (χ1) is 7.06. The molecule has 0 saturated heterocycles. The molecular weight excluding hydrogens is 180 g/mol. The summed E-state index contributed by atoms with van der Waals surface area (Å²) in [5.41, 5.74) is 4.28. The van der Waals surface area contributed by atoms with Crippen molar-refractivity contribution >= 4 is 0 Å². The van der Waals surface area contributed by atoms with Crippen LogP contribution in [0.5, 0.6) is 0 Å². The Morgan fingerprint density at radius 2 is 1.67 bits per heavy atom. The molecule has 0 heterocycles. The van der Waals surface area contributed by atoms with Crippen LogP contribution in [0.1, 0.15) is 66.2 Å². The summed E-state index contributed by atoms with van der Waals surface area (Å²) in [5, 5.41) is 0. The maximum absolute atomic E-state index is 3.67. The van der Waals surface area contributed by atoms with E-state index < -0.39 is 0 Å². The third kappa shape index (κ3) is 9.82. The van der Waals surface area contributed by atoms with Crippen LogP contribution in [0.4, 0.5) is 0 Å². The third-order valence-electron chi connectivity index (χ3n) is 3.04. The van der Waals surface area contributed by atoms with Crippen LogP contribution >= 0.6 is 0 Å². The highest BCUT2D eigenvalue weighted by atomic mass is 14.1. The Morgan fingerprint density at radius 1 is 1.07 bits per heavy atom. The molecule has 0 N–H and O–H groups in total. The van der Waals surface area contributed by atoms with Gasteiger partial charge in [-0.3, -0.25) is 0 Å². The van der Waals surface area contributed by atoms with Crippen molar-refractivity contribution in [3.63, 3.8) is 0 Å². The van der Waals surface area contributed by atoms with E-state index in [2.05, 4.69) is 40.0 Å². The summed E-state index contributed by atoms with van der Waals surface area (Å²) >= 11 is 0. The molecular formula is C15H28. The van der Waals surface area contributed by atoms with Crippen molar-refractivity contribution < 1.29 is 0 Å². The van der Waals surface area contributed by atoms with Crippen molar-refractivity contribution in [1.29, 1.82) is 0 Å². The van der Waals surface area contributed by atoms with Gasteiger partial charge in [-0.15, -0.1) is 5.73 Å². The van der Waals surface area contributed by atoms with Crippen LogP contribution in [0.25, 0.3) is 0 Å². The molecule has 0 fully saturated rings. The Balaban J connectivity index is 3.41. The van der Waals surface area contributed by atoms with Gasteiger partial charge in [-0.25, -0.2) is 0 Å². The van der Waals surface area contributed by atoms with Crippen molar-refractivity contribution in [2.75, 3.05) is 0 Å². The van der Waals surface area contributed by atoms with Gasteiger partial charge in [0.05, 0.1) is 0 Å². The summed E-state index contributed by atoms with van der Waals surface area (Å²) in [4.78, 5) is 0. The molecule has 1 unspecified atom stereocenters. The molecule has 0 nitrogen and oxygen atoms in total. The number of hydrogen-bond donors (Lipinski definition) is 0. The second-order valence-corrected chi connectivity index (χ2v) is 5.28. The zero-order valence-electron chi connectivity index (χ0n) is 11.1. The lowest BCUT2D eigenvalue weighted by molar-refractivity contribution is 0.442. The quantitative estimate of drug-likeness (QED) is 0.372. The standard InChI is InChI=1S/C15H28/c1-6-14(4)11-12-15(5)10-8-7-9-13(2)3/h13,15H,1,7-12H2,2-5H3. The van der Waals surface area contributed by atoms with E-state index in [4.69, 9.17) is 0 Å². The van der Waals surface area contributed by atoms with Gasteiger partial charge in [0, 0.05) is 0 Å². The zero-order chi connectivity index (χ0) is 11.7. The molecule has 0 amide bonds. The van der Waals surface area contributed by atoms with Gasteiger partial charge < -0.3 is 0 Å². The summed E-state index contributed by atoms with van der Waals surface area (Å²) in [6.07, 6.45) is 8.05. The zero-order valence-corrected chi connectivity index (χ0v) is 11.1. The monoisotopic (exact) mass is 208 g/mol. The smallest absolute Gasteiger partial charge is 0.0244 e. The number of hydrogen-bond acceptors (Lipinski definition) is 0. The third-order valence-corrected chi connectivity index (χ3v) is 3.04. The predicted octanol–water partition coefficient (Wildman–Crippen LogP) is 5.35. The first-order valence-electron chi connectivity index (χ1n) is 6.41. The lowest BCUT2D eigenvalue weighted by Crippen LogP contribution is -1.96. The normalized spacial score (nSPS) is 12.6. The van der Waals surface area contributed by atoms with Gasteiger partial charge in [-0.2, -0.15) is 0 Å². The Hall–Kier alpha value is -0.480. The first-order valence-corrected chi connectivity index (χ1v) is 6.41. The Kier molecular flexibility index (Phi) is 8.52. The maximum Gasteiger partial charge on any atom is -0.0244 e. The minimum atomic E-state index is 0.862. The van der Waals surface area contributed by atoms with E-state index in [9.17, 15) is 0 Å². The summed E-state index contributed by atoms with van der Waals surface area (Å²) in [7, 11) is 0. The van der Waals surface area contributed by atoms with E-state index in [-0.39, 0.29) is 0 Å². The molecule has 1 atom stereocenters. The molecule has 0 rings (SSSR count). The molecule has 0 aromatic carbocycles. The predicted molar refractivity (Wildman–Crippen MR) is 70.0 cm³/mol. The molecule has 0 aliphatic heterocycles. The van der Waals surface area contributed by atoms with Gasteiger partial charge in [-0.05, 0) is 37.2 Å². The van der Waals surface area contributed by atoms with E-state index in [0.717, 1.165) is 11.8 Å². The summed E-state index contributed by atoms with van der Waals surface area (Å²) < 4.78 is 0. The number of rotatable bonds is 8. The topological polar surface area (TPSA) is 0 Å². The highest BCUT2D eigenvalue weighted by Gasteiger charge is 2.02. The van der Waals surface area contributed by atoms with Crippen molar-refractivity contribution in [2.45, 2.75) is 66.2 Å². The average Bonchev–Trinajstić information content (AvgIpc) is 2.20. The molecule has 0 aromatic heterocycles. The van der Waals surface area contributed by atoms with Crippen molar-refractivity contribution in [2.24, 2.45) is 11.8 Å². The fourth-order valence-electron chi connectivity index (χ4n) is 1.74. The minimum absolute atomic E-state index is 0.862. The second kappa shape index (κ2) is 8.80. The lowest BCUT2D eigenvalue weighted by Gasteiger charge is -2.11. The van der Waals surface area contributed by atoms with Crippen LogP contribution in [-0.4, -0.2) is 0 Å². The van der Waals surface area contributed by atoms with Crippen molar-refractivity contribution in [3.8, 4) is 0 Å². The Morgan fingerprint density at radius 3 is 2.20 bits per heavy atom. The summed E-state index contributed by atoms with van der Waals surface area (Å²) in [6, 6.07) is 0. The van der Waals surface area contributed by atoms with E-state index >= 15 is 0 Å². The molecule has 0 bridgehead atoms. The molecule has 0 radical (unpaired) electrons. The van der Waals surface area contributed by atoms with Crippen molar-refractivity contribution in [1.82, 2.24) is 0 Å². The van der Waals surface area contributed by atoms with E-state index in [0.29, 0.717) is 0 Å². The van der Waals surface area contributed by atoms with Crippen LogP contribution in [0.15, 0.2) is 17.9 Å². The van der Waals surface area contributed by atoms with E-state index in [1.165, 1.54) is 44.1 Å². The van der Waals surface area contributed by atoms with Crippen LogP contribution in [0.2, 0.25) is 0 Å². The molecule has 0 aliphatic rings. The lowest BCUT2D eigenvalue weighted by atomic mass is 9.95. The minimum Gasteiger partial charge on any atom is -0.130 e. The average molecular weight is 208 g/mol. The molecule has 88 valence electrons. The van der Waals surface area contributed by atoms with Gasteiger partial charge in [0.2, 0.25) is 0 Å². The van der Waals surface area contributed by atoms with Crippen LogP contribution in [-0.2, 0) is 0 Å². The molecule has 0 spiro atoms. The fraction of sp³-hybridized carbons (Fsp3) is 0.800. The van der Waals surface area contributed by atoms with E-state index in [1.807, 2.05) is 0 Å². The highest BCUT2D eigenvalue weighted by molar-refractivity contribution is 4.93. The van der Waals surface area contributed by atoms with E-state index in [1.54, 1.807) is 0 Å². The van der Waals surface area contributed by atoms with Crippen molar-refractivity contribution in [3.05, 3.63) is 17.9 Å². The fourth-order valence-corrected chi connectivity index (χ4v) is 1.74.